The first-order valence-corrected chi connectivity index (χ1v) is 8.34. The number of aliphatic hydroxyl groups excluding tert-OH is 1. The zero-order valence-electron chi connectivity index (χ0n) is 13.5. The van der Waals surface area contributed by atoms with Crippen LogP contribution in [0.25, 0.3) is 0 Å². The van der Waals surface area contributed by atoms with E-state index in [1.165, 1.54) is 44.9 Å². The maximum atomic E-state index is 9.73. The van der Waals surface area contributed by atoms with Crippen LogP contribution in [0.3, 0.4) is 0 Å². The van der Waals surface area contributed by atoms with Crippen molar-refractivity contribution in [2.24, 2.45) is 11.5 Å². The molecule has 5 N–H and O–H groups in total. The normalized spacial score (nSPS) is 16.1. The van der Waals surface area contributed by atoms with Crippen molar-refractivity contribution in [1.82, 2.24) is 0 Å². The Morgan fingerprint density at radius 1 is 0.950 bits per heavy atom. The summed E-state index contributed by atoms with van der Waals surface area (Å²) in [4.78, 5) is 0. The fraction of sp³-hybridized carbons (Fsp3) is 1.00. The molecule has 20 heavy (non-hydrogen) atoms. The van der Waals surface area contributed by atoms with E-state index in [4.69, 9.17) is 16.2 Å². The molecule has 0 heterocycles. The summed E-state index contributed by atoms with van der Waals surface area (Å²) >= 11 is 0. The molecule has 4 heteroatoms. The van der Waals surface area contributed by atoms with E-state index in [-0.39, 0.29) is 12.1 Å². The molecule has 0 aromatic heterocycles. The zero-order valence-corrected chi connectivity index (χ0v) is 13.5. The Kier molecular flexibility index (Phi) is 13.7. The number of rotatable bonds is 14. The predicted octanol–water partition coefficient (Wildman–Crippen LogP) is 2.57. The van der Waals surface area contributed by atoms with Gasteiger partial charge in [-0.1, -0.05) is 51.9 Å². The minimum absolute atomic E-state index is 0.0858. The maximum Gasteiger partial charge on any atom is 0.0789 e. The lowest BCUT2D eigenvalue weighted by molar-refractivity contribution is 0.0268. The Morgan fingerprint density at radius 3 is 2.05 bits per heavy atom. The van der Waals surface area contributed by atoms with Crippen LogP contribution in [-0.2, 0) is 4.74 Å². The molecule has 4 nitrogen and oxygen atoms in total. The highest BCUT2D eigenvalue weighted by molar-refractivity contribution is 4.74. The molecule has 0 aromatic rings. The Balaban J connectivity index is 3.23. The van der Waals surface area contributed by atoms with E-state index in [1.54, 1.807) is 0 Å². The van der Waals surface area contributed by atoms with Crippen LogP contribution < -0.4 is 11.5 Å². The van der Waals surface area contributed by atoms with Crippen molar-refractivity contribution in [2.75, 3.05) is 13.2 Å². The highest BCUT2D eigenvalue weighted by Gasteiger charge is 2.13. The van der Waals surface area contributed by atoms with Gasteiger partial charge in [0, 0.05) is 18.7 Å². The topological polar surface area (TPSA) is 81.5 Å². The number of aliphatic hydroxyl groups is 1. The predicted molar refractivity (Wildman–Crippen MR) is 85.7 cm³/mol. The van der Waals surface area contributed by atoms with Crippen molar-refractivity contribution in [3.63, 3.8) is 0 Å². The van der Waals surface area contributed by atoms with Crippen LogP contribution in [0.1, 0.15) is 71.6 Å². The second kappa shape index (κ2) is 13.8. The van der Waals surface area contributed by atoms with Crippen molar-refractivity contribution in [3.8, 4) is 0 Å². The molecule has 0 saturated carbocycles. The minimum Gasteiger partial charge on any atom is -0.391 e. The van der Waals surface area contributed by atoms with Crippen LogP contribution >= 0.6 is 0 Å². The van der Waals surface area contributed by atoms with Gasteiger partial charge >= 0.3 is 0 Å². The Hall–Kier alpha value is -0.160. The van der Waals surface area contributed by atoms with Crippen molar-refractivity contribution in [2.45, 2.75) is 89.8 Å². The standard InChI is InChI=1S/C16H36N2O2/c1-3-4-5-6-7-8-9-10-11-20-13-15(19)12-16(18)14(2)17/h14-16,19H,3-13,17-18H2,1-2H3. The molecular weight excluding hydrogens is 252 g/mol. The minimum atomic E-state index is -0.495. The SMILES string of the molecule is CCCCCCCCCCOCC(O)CC(N)C(C)N. The molecule has 0 aromatic carbocycles. The molecule has 0 radical (unpaired) electrons. The first-order valence-electron chi connectivity index (χ1n) is 8.34. The molecule has 3 atom stereocenters. The third-order valence-corrected chi connectivity index (χ3v) is 3.67. The maximum absolute atomic E-state index is 9.73. The Morgan fingerprint density at radius 2 is 1.50 bits per heavy atom. The molecule has 0 aliphatic heterocycles. The molecule has 0 saturated heterocycles. The van der Waals surface area contributed by atoms with Gasteiger partial charge in [0.2, 0.25) is 0 Å². The summed E-state index contributed by atoms with van der Waals surface area (Å²) in [5, 5.41) is 9.73. The van der Waals surface area contributed by atoms with Gasteiger partial charge in [0.05, 0.1) is 12.7 Å². The number of hydrogen-bond acceptors (Lipinski definition) is 4. The zero-order chi connectivity index (χ0) is 15.2. The van der Waals surface area contributed by atoms with Crippen LogP contribution in [0.5, 0.6) is 0 Å². The average molecular weight is 288 g/mol. The van der Waals surface area contributed by atoms with Crippen LogP contribution in [0.2, 0.25) is 0 Å². The van der Waals surface area contributed by atoms with Crippen molar-refractivity contribution >= 4 is 0 Å². The van der Waals surface area contributed by atoms with Gasteiger partial charge < -0.3 is 21.3 Å². The Bertz CT molecular complexity index is 201. The van der Waals surface area contributed by atoms with Gasteiger partial charge in [-0.05, 0) is 19.8 Å². The lowest BCUT2D eigenvalue weighted by Gasteiger charge is -2.19. The summed E-state index contributed by atoms with van der Waals surface area (Å²) in [5.74, 6) is 0. The summed E-state index contributed by atoms with van der Waals surface area (Å²) in [7, 11) is 0. The van der Waals surface area contributed by atoms with Gasteiger partial charge in [0.1, 0.15) is 0 Å². The summed E-state index contributed by atoms with van der Waals surface area (Å²) in [5.41, 5.74) is 11.5. The van der Waals surface area contributed by atoms with Gasteiger partial charge in [0.25, 0.3) is 0 Å². The lowest BCUT2D eigenvalue weighted by Crippen LogP contribution is -2.42. The molecule has 0 bridgehead atoms. The monoisotopic (exact) mass is 288 g/mol. The van der Waals surface area contributed by atoms with Gasteiger partial charge in [-0.3, -0.25) is 0 Å². The molecule has 122 valence electrons. The number of unbranched alkanes of at least 4 members (excludes halogenated alkanes) is 7. The molecule has 0 aliphatic rings. The van der Waals surface area contributed by atoms with Crippen molar-refractivity contribution in [1.29, 1.82) is 0 Å². The van der Waals surface area contributed by atoms with Gasteiger partial charge in [-0.15, -0.1) is 0 Å². The number of nitrogens with two attached hydrogens (primary N) is 2. The van der Waals surface area contributed by atoms with E-state index >= 15 is 0 Å². The van der Waals surface area contributed by atoms with Crippen LogP contribution in [0.4, 0.5) is 0 Å². The highest BCUT2D eigenvalue weighted by Crippen LogP contribution is 2.08. The van der Waals surface area contributed by atoms with E-state index in [2.05, 4.69) is 6.92 Å². The fourth-order valence-corrected chi connectivity index (χ4v) is 2.15. The van der Waals surface area contributed by atoms with E-state index in [0.717, 1.165) is 13.0 Å². The van der Waals surface area contributed by atoms with Crippen LogP contribution in [0.15, 0.2) is 0 Å². The molecular formula is C16H36N2O2. The van der Waals surface area contributed by atoms with E-state index in [1.807, 2.05) is 6.92 Å². The summed E-state index contributed by atoms with van der Waals surface area (Å²) in [6, 6.07) is -0.242. The first kappa shape index (κ1) is 19.8. The molecule has 3 unspecified atom stereocenters. The average Bonchev–Trinajstić information content (AvgIpc) is 2.40. The second-order valence-corrected chi connectivity index (χ2v) is 5.96. The van der Waals surface area contributed by atoms with Gasteiger partial charge in [0.15, 0.2) is 0 Å². The van der Waals surface area contributed by atoms with E-state index < -0.39 is 6.10 Å². The third kappa shape index (κ3) is 12.9. The van der Waals surface area contributed by atoms with Crippen molar-refractivity contribution in [3.05, 3.63) is 0 Å². The largest absolute Gasteiger partial charge is 0.391 e. The molecule has 0 spiro atoms. The van der Waals surface area contributed by atoms with Gasteiger partial charge in [-0.25, -0.2) is 0 Å². The van der Waals surface area contributed by atoms with Crippen LogP contribution in [-0.4, -0.2) is 36.5 Å². The third-order valence-electron chi connectivity index (χ3n) is 3.67. The summed E-state index contributed by atoms with van der Waals surface area (Å²) in [6.45, 7) is 5.21. The Labute approximate surface area is 125 Å². The van der Waals surface area contributed by atoms with Gasteiger partial charge in [-0.2, -0.15) is 0 Å². The summed E-state index contributed by atoms with van der Waals surface area (Å²) in [6.07, 6.45) is 10.4. The quantitative estimate of drug-likeness (QED) is 0.429. The summed E-state index contributed by atoms with van der Waals surface area (Å²) < 4.78 is 5.47. The van der Waals surface area contributed by atoms with E-state index in [0.29, 0.717) is 13.0 Å². The lowest BCUT2D eigenvalue weighted by atomic mass is 10.1. The highest BCUT2D eigenvalue weighted by atomic mass is 16.5. The second-order valence-electron chi connectivity index (χ2n) is 5.96. The molecule has 0 rings (SSSR count). The van der Waals surface area contributed by atoms with Crippen molar-refractivity contribution < 1.29 is 9.84 Å². The van der Waals surface area contributed by atoms with E-state index in [9.17, 15) is 5.11 Å². The molecule has 0 fully saturated rings. The number of ether oxygens (including phenoxy) is 1. The van der Waals surface area contributed by atoms with Crippen LogP contribution in [0, 0.1) is 0 Å². The smallest absolute Gasteiger partial charge is 0.0789 e. The first-order chi connectivity index (χ1) is 9.57. The molecule has 0 aliphatic carbocycles. The number of hydrogen-bond donors (Lipinski definition) is 3. The molecule has 0 amide bonds. The fourth-order valence-electron chi connectivity index (χ4n) is 2.15.